The van der Waals surface area contributed by atoms with Crippen LogP contribution in [0.25, 0.3) is 0 Å². The van der Waals surface area contributed by atoms with Gasteiger partial charge in [-0.05, 0) is 18.9 Å². The number of hydrogen-bond acceptors (Lipinski definition) is 6. The van der Waals surface area contributed by atoms with Gasteiger partial charge in [0.05, 0.1) is 6.26 Å². The Kier molecular flexibility index (Phi) is 6.28. The Balaban J connectivity index is 1.70. The molecule has 0 bridgehead atoms. The standard InChI is InChI=1S/C17H27N5O6S2/c1-19-12-13(11-15(19)16(18)23)30(27,28)21-9-7-20(8-10-21)17(24)14-5-3-4-6-22(14)29(2,25)26/h11-12,14H,3-10H2,1-2H3,(H2,18,23). The molecule has 2 saturated heterocycles. The summed E-state index contributed by atoms with van der Waals surface area (Å²) in [7, 11) is -5.81. The molecule has 3 heterocycles. The van der Waals surface area contributed by atoms with Crippen LogP contribution >= 0.6 is 0 Å². The summed E-state index contributed by atoms with van der Waals surface area (Å²) in [6.07, 6.45) is 4.38. The minimum atomic E-state index is -3.84. The van der Waals surface area contributed by atoms with E-state index in [0.717, 1.165) is 12.7 Å². The maximum atomic E-state index is 13.0. The highest BCUT2D eigenvalue weighted by atomic mass is 32.2. The molecule has 2 aliphatic heterocycles. The summed E-state index contributed by atoms with van der Waals surface area (Å²) in [5.41, 5.74) is 5.34. The van der Waals surface area contributed by atoms with Crippen LogP contribution in [0.4, 0.5) is 0 Å². The number of carbonyl (C=O) groups is 2. The molecule has 3 rings (SSSR count). The minimum Gasteiger partial charge on any atom is -0.364 e. The van der Waals surface area contributed by atoms with E-state index in [1.807, 2.05) is 0 Å². The van der Waals surface area contributed by atoms with Gasteiger partial charge in [-0.15, -0.1) is 0 Å². The first-order valence-corrected chi connectivity index (χ1v) is 12.9. The van der Waals surface area contributed by atoms with Crippen LogP contribution < -0.4 is 5.73 Å². The first-order chi connectivity index (χ1) is 13.9. The van der Waals surface area contributed by atoms with Crippen molar-refractivity contribution < 1.29 is 26.4 Å². The number of nitrogens with zero attached hydrogens (tertiary/aromatic N) is 4. The third-order valence-electron chi connectivity index (χ3n) is 5.59. The van der Waals surface area contributed by atoms with E-state index in [9.17, 15) is 26.4 Å². The molecule has 2 N–H and O–H groups in total. The van der Waals surface area contributed by atoms with Crippen LogP contribution in [0.3, 0.4) is 0 Å². The van der Waals surface area contributed by atoms with E-state index in [1.54, 1.807) is 0 Å². The van der Waals surface area contributed by atoms with E-state index in [0.29, 0.717) is 19.4 Å². The van der Waals surface area contributed by atoms with Gasteiger partial charge in [0, 0.05) is 46.0 Å². The van der Waals surface area contributed by atoms with Crippen LogP contribution in [-0.2, 0) is 31.9 Å². The van der Waals surface area contributed by atoms with E-state index in [1.165, 1.54) is 37.4 Å². The number of piperidine rings is 1. The molecule has 1 atom stereocenters. The third-order valence-corrected chi connectivity index (χ3v) is 8.74. The molecule has 168 valence electrons. The molecule has 0 radical (unpaired) electrons. The molecule has 2 amide bonds. The van der Waals surface area contributed by atoms with Crippen molar-refractivity contribution in [1.29, 1.82) is 0 Å². The van der Waals surface area contributed by atoms with Crippen LogP contribution in [0.1, 0.15) is 29.8 Å². The number of rotatable bonds is 5. The van der Waals surface area contributed by atoms with Gasteiger partial charge in [-0.25, -0.2) is 16.8 Å². The Morgan fingerprint density at radius 3 is 2.20 bits per heavy atom. The van der Waals surface area contributed by atoms with Crippen molar-refractivity contribution in [3.8, 4) is 0 Å². The highest BCUT2D eigenvalue weighted by Gasteiger charge is 2.39. The van der Waals surface area contributed by atoms with Gasteiger partial charge in [0.2, 0.25) is 26.0 Å². The summed E-state index contributed by atoms with van der Waals surface area (Å²) in [6.45, 7) is 0.823. The number of amides is 2. The van der Waals surface area contributed by atoms with Crippen molar-refractivity contribution in [2.75, 3.05) is 39.0 Å². The third kappa shape index (κ3) is 4.38. The number of carbonyl (C=O) groups excluding carboxylic acids is 2. The molecule has 13 heteroatoms. The van der Waals surface area contributed by atoms with Crippen molar-refractivity contribution in [2.45, 2.75) is 30.2 Å². The zero-order valence-corrected chi connectivity index (χ0v) is 18.7. The molecule has 30 heavy (non-hydrogen) atoms. The zero-order chi connectivity index (χ0) is 22.3. The van der Waals surface area contributed by atoms with Gasteiger partial charge in [0.1, 0.15) is 16.6 Å². The van der Waals surface area contributed by atoms with E-state index in [4.69, 9.17) is 5.73 Å². The molecule has 0 aromatic carbocycles. The highest BCUT2D eigenvalue weighted by molar-refractivity contribution is 7.89. The molecule has 2 aliphatic rings. The zero-order valence-electron chi connectivity index (χ0n) is 17.0. The van der Waals surface area contributed by atoms with E-state index < -0.39 is 32.0 Å². The molecule has 11 nitrogen and oxygen atoms in total. The SMILES string of the molecule is Cn1cc(S(=O)(=O)N2CCN(C(=O)C3CCCCN3S(C)(=O)=O)CC2)cc1C(N)=O. The van der Waals surface area contributed by atoms with Gasteiger partial charge in [-0.3, -0.25) is 9.59 Å². The molecule has 0 aliphatic carbocycles. The lowest BCUT2D eigenvalue weighted by Crippen LogP contribution is -2.57. The average molecular weight is 462 g/mol. The van der Waals surface area contributed by atoms with Crippen molar-refractivity contribution in [2.24, 2.45) is 12.8 Å². The van der Waals surface area contributed by atoms with Gasteiger partial charge in [0.15, 0.2) is 0 Å². The molecule has 1 unspecified atom stereocenters. The Morgan fingerprint density at radius 2 is 1.67 bits per heavy atom. The molecule has 0 spiro atoms. The summed E-state index contributed by atoms with van der Waals surface area (Å²) in [5, 5.41) is 0. The topological polar surface area (TPSA) is 143 Å². The minimum absolute atomic E-state index is 0.0332. The second kappa shape index (κ2) is 8.29. The monoisotopic (exact) mass is 461 g/mol. The van der Waals surface area contributed by atoms with Crippen LogP contribution in [0, 0.1) is 0 Å². The first kappa shape index (κ1) is 22.7. The molecule has 1 aromatic rings. The molecular formula is C17H27N5O6S2. The number of aromatic nitrogens is 1. The van der Waals surface area contributed by atoms with E-state index >= 15 is 0 Å². The quantitative estimate of drug-likeness (QED) is 0.582. The fourth-order valence-corrected chi connectivity index (χ4v) is 6.59. The first-order valence-electron chi connectivity index (χ1n) is 9.65. The second-order valence-corrected chi connectivity index (χ2v) is 11.5. The lowest BCUT2D eigenvalue weighted by Gasteiger charge is -2.39. The Bertz CT molecular complexity index is 1040. The predicted molar refractivity (Wildman–Crippen MR) is 108 cm³/mol. The molecular weight excluding hydrogens is 434 g/mol. The van der Waals surface area contributed by atoms with Crippen LogP contribution in [0.2, 0.25) is 0 Å². The highest BCUT2D eigenvalue weighted by Crippen LogP contribution is 2.24. The predicted octanol–water partition coefficient (Wildman–Crippen LogP) is -1.23. The second-order valence-electron chi connectivity index (χ2n) is 7.65. The smallest absolute Gasteiger partial charge is 0.265 e. The van der Waals surface area contributed by atoms with Crippen molar-refractivity contribution in [3.63, 3.8) is 0 Å². The normalized spacial score (nSPS) is 22.2. The Hall–Kier alpha value is -1.96. The van der Waals surface area contributed by atoms with Gasteiger partial charge in [0.25, 0.3) is 5.91 Å². The average Bonchev–Trinajstić information content (AvgIpc) is 3.10. The van der Waals surface area contributed by atoms with Crippen molar-refractivity contribution in [1.82, 2.24) is 18.1 Å². The van der Waals surface area contributed by atoms with Crippen molar-refractivity contribution >= 4 is 31.9 Å². The summed E-state index contributed by atoms with van der Waals surface area (Å²) >= 11 is 0. The number of hydrogen-bond donors (Lipinski definition) is 1. The van der Waals surface area contributed by atoms with Crippen molar-refractivity contribution in [3.05, 3.63) is 18.0 Å². The van der Waals surface area contributed by atoms with Gasteiger partial charge < -0.3 is 15.2 Å². The number of nitrogens with two attached hydrogens (primary N) is 1. The number of aryl methyl sites for hydroxylation is 1. The summed E-state index contributed by atoms with van der Waals surface area (Å²) in [5.74, 6) is -1.01. The Morgan fingerprint density at radius 1 is 1.03 bits per heavy atom. The number of primary amides is 1. The molecule has 1 aromatic heterocycles. The maximum absolute atomic E-state index is 13.0. The fourth-order valence-electron chi connectivity index (χ4n) is 3.98. The fraction of sp³-hybridized carbons (Fsp3) is 0.647. The van der Waals surface area contributed by atoms with Crippen LogP contribution in [0.5, 0.6) is 0 Å². The maximum Gasteiger partial charge on any atom is 0.265 e. The summed E-state index contributed by atoms with van der Waals surface area (Å²) in [4.78, 5) is 25.9. The van der Waals surface area contributed by atoms with Gasteiger partial charge in [-0.1, -0.05) is 6.42 Å². The number of piperazine rings is 1. The lowest BCUT2D eigenvalue weighted by molar-refractivity contribution is -0.137. The lowest BCUT2D eigenvalue weighted by atomic mass is 10.0. The summed E-state index contributed by atoms with van der Waals surface area (Å²) in [6, 6.07) is 0.505. The van der Waals surface area contributed by atoms with Gasteiger partial charge in [-0.2, -0.15) is 8.61 Å². The van der Waals surface area contributed by atoms with Gasteiger partial charge >= 0.3 is 0 Å². The van der Waals surface area contributed by atoms with E-state index in [2.05, 4.69) is 0 Å². The van der Waals surface area contributed by atoms with E-state index in [-0.39, 0.29) is 42.7 Å². The largest absolute Gasteiger partial charge is 0.364 e. The molecule has 0 saturated carbocycles. The van der Waals surface area contributed by atoms with Crippen LogP contribution in [0.15, 0.2) is 17.2 Å². The molecule has 2 fully saturated rings. The van der Waals surface area contributed by atoms with Crippen LogP contribution in [-0.4, -0.2) is 91.7 Å². The summed E-state index contributed by atoms with van der Waals surface area (Å²) < 4.78 is 53.7. The Labute approximate surface area is 176 Å². The number of sulfonamides is 2.